The summed E-state index contributed by atoms with van der Waals surface area (Å²) >= 11 is 1.34. The van der Waals surface area contributed by atoms with Crippen LogP contribution in [0.2, 0.25) is 0 Å². The molecule has 164 valence electrons. The Morgan fingerprint density at radius 3 is 2.77 bits per heavy atom. The molecule has 9 nitrogen and oxygen atoms in total. The first-order chi connectivity index (χ1) is 15.0. The average Bonchev–Trinajstić information content (AvgIpc) is 3.44. The molecule has 7 rings (SSSR count). The Balaban J connectivity index is 1.05. The number of methoxy groups -OCH3 is 1. The summed E-state index contributed by atoms with van der Waals surface area (Å²) in [7, 11) is 1.72. The third-order valence-corrected chi connectivity index (χ3v) is 8.08. The second-order valence-electron chi connectivity index (χ2n) is 9.44. The van der Waals surface area contributed by atoms with Crippen molar-refractivity contribution in [2.75, 3.05) is 43.6 Å². The van der Waals surface area contributed by atoms with E-state index in [1.807, 2.05) is 0 Å². The first kappa shape index (κ1) is 19.4. The van der Waals surface area contributed by atoms with Gasteiger partial charge in [-0.3, -0.25) is 4.79 Å². The quantitative estimate of drug-likeness (QED) is 0.728. The van der Waals surface area contributed by atoms with Crippen molar-refractivity contribution in [1.29, 1.82) is 0 Å². The fourth-order valence-electron chi connectivity index (χ4n) is 5.47. The molecule has 2 bridgehead atoms. The molecule has 0 aromatic carbocycles. The highest BCUT2D eigenvalue weighted by molar-refractivity contribution is 7.14. The van der Waals surface area contributed by atoms with Crippen LogP contribution in [0, 0.1) is 10.8 Å². The number of carbonyl (C=O) groups excluding carboxylic acids is 1. The molecular formula is C21H25N5O4S. The number of carbonyl (C=O) groups is 1. The molecule has 1 amide bonds. The molecule has 2 aromatic rings. The van der Waals surface area contributed by atoms with Crippen LogP contribution in [0.25, 0.3) is 0 Å². The standard InChI is InChI=1S/C21H25N5O4S/c1-28-21-9-20(10-21,11-21)16(27)25-18-24-15(8-31-18)30-14-6-22-17(23-7-14)26-4-2-19(12-26)3-5-29-13-19/h6-8H,2-5,9-13H2,1H3,(H,24,25,27). The molecule has 2 aliphatic heterocycles. The summed E-state index contributed by atoms with van der Waals surface area (Å²) in [5, 5.41) is 5.23. The van der Waals surface area contributed by atoms with Gasteiger partial charge in [-0.2, -0.15) is 4.98 Å². The molecule has 1 unspecified atom stereocenters. The van der Waals surface area contributed by atoms with E-state index in [9.17, 15) is 4.79 Å². The Kier molecular flexibility index (Phi) is 4.28. The van der Waals surface area contributed by atoms with Gasteiger partial charge in [-0.05, 0) is 32.1 Å². The summed E-state index contributed by atoms with van der Waals surface area (Å²) in [4.78, 5) is 28.1. The van der Waals surface area contributed by atoms with Gasteiger partial charge in [0.2, 0.25) is 17.7 Å². The van der Waals surface area contributed by atoms with E-state index in [1.54, 1.807) is 24.9 Å². The van der Waals surface area contributed by atoms with E-state index in [-0.39, 0.29) is 22.3 Å². The maximum Gasteiger partial charge on any atom is 0.232 e. The third-order valence-electron chi connectivity index (χ3n) is 7.34. The zero-order valence-electron chi connectivity index (χ0n) is 17.4. The number of hydrogen-bond donors (Lipinski definition) is 1. The second kappa shape index (κ2) is 6.85. The number of nitrogens with zero attached hydrogens (tertiary/aromatic N) is 4. The van der Waals surface area contributed by atoms with Crippen LogP contribution in [0.5, 0.6) is 11.6 Å². The number of amides is 1. The SMILES string of the molecule is COC12CC(C(=O)Nc3nc(Oc4cnc(N5CCC6(CCOC6)C5)nc4)cs3)(C1)C2. The molecule has 5 fully saturated rings. The van der Waals surface area contributed by atoms with Crippen molar-refractivity contribution < 1.29 is 19.0 Å². The summed E-state index contributed by atoms with van der Waals surface area (Å²) in [6.07, 6.45) is 7.96. The van der Waals surface area contributed by atoms with Crippen LogP contribution in [0.1, 0.15) is 32.1 Å². The minimum atomic E-state index is -0.273. The van der Waals surface area contributed by atoms with E-state index in [1.165, 1.54) is 11.3 Å². The second-order valence-corrected chi connectivity index (χ2v) is 10.3. The van der Waals surface area contributed by atoms with Crippen LogP contribution in [0.15, 0.2) is 17.8 Å². The average molecular weight is 444 g/mol. The van der Waals surface area contributed by atoms with Crippen LogP contribution in [-0.4, -0.2) is 59.9 Å². The van der Waals surface area contributed by atoms with Crippen molar-refractivity contribution in [3.63, 3.8) is 0 Å². The van der Waals surface area contributed by atoms with Crippen molar-refractivity contribution in [1.82, 2.24) is 15.0 Å². The van der Waals surface area contributed by atoms with Crippen LogP contribution in [0.3, 0.4) is 0 Å². The molecule has 3 saturated carbocycles. The minimum absolute atomic E-state index is 0.0241. The number of nitrogens with one attached hydrogen (secondary N) is 1. The Morgan fingerprint density at radius 2 is 2.06 bits per heavy atom. The Bertz CT molecular complexity index is 984. The third kappa shape index (κ3) is 3.19. The van der Waals surface area contributed by atoms with E-state index in [0.29, 0.717) is 16.8 Å². The van der Waals surface area contributed by atoms with Gasteiger partial charge in [0.1, 0.15) is 0 Å². The molecule has 0 radical (unpaired) electrons. The van der Waals surface area contributed by atoms with Crippen molar-refractivity contribution in [2.24, 2.45) is 10.8 Å². The first-order valence-electron chi connectivity index (χ1n) is 10.7. The number of rotatable bonds is 6. The highest BCUT2D eigenvalue weighted by atomic mass is 32.1. The summed E-state index contributed by atoms with van der Waals surface area (Å²) in [6.45, 7) is 3.58. The van der Waals surface area contributed by atoms with E-state index >= 15 is 0 Å². The van der Waals surface area contributed by atoms with E-state index < -0.39 is 0 Å². The lowest BCUT2D eigenvalue weighted by atomic mass is 9.41. The number of hydrogen-bond acceptors (Lipinski definition) is 9. The molecule has 5 aliphatic rings. The smallest absolute Gasteiger partial charge is 0.232 e. The van der Waals surface area contributed by atoms with Gasteiger partial charge in [0, 0.05) is 32.2 Å². The number of aromatic nitrogens is 3. The van der Waals surface area contributed by atoms with Gasteiger partial charge in [0.25, 0.3) is 0 Å². The highest BCUT2D eigenvalue weighted by Crippen LogP contribution is 2.69. The number of thiazole rings is 1. The summed E-state index contributed by atoms with van der Waals surface area (Å²) in [6, 6.07) is 0. The monoisotopic (exact) mass is 443 g/mol. The molecular weight excluding hydrogens is 418 g/mol. The maximum atomic E-state index is 12.6. The van der Waals surface area contributed by atoms with Gasteiger partial charge in [-0.25, -0.2) is 9.97 Å². The lowest BCUT2D eigenvalue weighted by molar-refractivity contribution is -0.260. The van der Waals surface area contributed by atoms with Crippen molar-refractivity contribution in [3.05, 3.63) is 17.8 Å². The van der Waals surface area contributed by atoms with Gasteiger partial charge < -0.3 is 24.4 Å². The van der Waals surface area contributed by atoms with Crippen molar-refractivity contribution >= 4 is 28.3 Å². The van der Waals surface area contributed by atoms with Gasteiger partial charge in [0.15, 0.2) is 10.9 Å². The van der Waals surface area contributed by atoms with Gasteiger partial charge in [-0.1, -0.05) is 0 Å². The molecule has 31 heavy (non-hydrogen) atoms. The number of ether oxygens (including phenoxy) is 3. The lowest BCUT2D eigenvalue weighted by Gasteiger charge is -2.67. The Morgan fingerprint density at radius 1 is 1.26 bits per heavy atom. The van der Waals surface area contributed by atoms with Gasteiger partial charge in [-0.15, -0.1) is 11.3 Å². The normalized spacial score (nSPS) is 33.3. The molecule has 10 heteroatoms. The summed E-state index contributed by atoms with van der Waals surface area (Å²) in [5.74, 6) is 1.68. The van der Waals surface area contributed by atoms with Crippen molar-refractivity contribution in [3.8, 4) is 11.6 Å². The predicted octanol–water partition coefficient (Wildman–Crippen LogP) is 2.85. The van der Waals surface area contributed by atoms with Crippen LogP contribution < -0.4 is 15.0 Å². The van der Waals surface area contributed by atoms with Crippen molar-refractivity contribution in [2.45, 2.75) is 37.7 Å². The lowest BCUT2D eigenvalue weighted by Crippen LogP contribution is -2.72. The minimum Gasteiger partial charge on any atom is -0.435 e. The number of anilines is 2. The highest BCUT2D eigenvalue weighted by Gasteiger charge is 2.72. The first-order valence-corrected chi connectivity index (χ1v) is 11.5. The van der Waals surface area contributed by atoms with Gasteiger partial charge >= 0.3 is 0 Å². The molecule has 2 saturated heterocycles. The largest absolute Gasteiger partial charge is 0.435 e. The van der Waals surface area contributed by atoms with E-state index in [4.69, 9.17) is 14.2 Å². The molecule has 1 N–H and O–H groups in total. The van der Waals surface area contributed by atoms with Crippen LogP contribution >= 0.6 is 11.3 Å². The van der Waals surface area contributed by atoms with E-state index in [0.717, 1.165) is 64.4 Å². The van der Waals surface area contributed by atoms with E-state index in [2.05, 4.69) is 25.2 Å². The zero-order chi connectivity index (χ0) is 21.1. The molecule has 2 aromatic heterocycles. The molecule has 4 heterocycles. The van der Waals surface area contributed by atoms with Gasteiger partial charge in [0.05, 0.1) is 35.4 Å². The molecule has 1 atom stereocenters. The molecule has 3 aliphatic carbocycles. The predicted molar refractivity (Wildman–Crippen MR) is 114 cm³/mol. The fourth-order valence-corrected chi connectivity index (χ4v) is 6.08. The summed E-state index contributed by atoms with van der Waals surface area (Å²) in [5.41, 5.74) is -0.0596. The van der Waals surface area contributed by atoms with Crippen LogP contribution in [-0.2, 0) is 14.3 Å². The Hall–Kier alpha value is -2.30. The van der Waals surface area contributed by atoms with Crippen LogP contribution in [0.4, 0.5) is 11.1 Å². The zero-order valence-corrected chi connectivity index (χ0v) is 18.2. The summed E-state index contributed by atoms with van der Waals surface area (Å²) < 4.78 is 16.8. The topological polar surface area (TPSA) is 98.7 Å². The maximum absolute atomic E-state index is 12.6. The fraction of sp³-hybridized carbons (Fsp3) is 0.619. The Labute approximate surface area is 184 Å². The molecule has 1 spiro atoms.